The molecule has 2 spiro atoms. The summed E-state index contributed by atoms with van der Waals surface area (Å²) in [7, 11) is 0. The number of Topliss-reactive ketones (excluding diaryl/α,β-unsaturated/α-hetero) is 1. The first-order chi connectivity index (χ1) is 15.1. The zero-order valence-corrected chi connectivity index (χ0v) is 20.1. The third-order valence-electron chi connectivity index (χ3n) is 7.44. The molecule has 0 bridgehead atoms. The van der Waals surface area contributed by atoms with E-state index >= 15 is 0 Å². The lowest BCUT2D eigenvalue weighted by molar-refractivity contribution is -0.221. The van der Waals surface area contributed by atoms with Crippen LogP contribution in [0.5, 0.6) is 0 Å². The fraction of sp³-hybridized carbons (Fsp3) is 0.952. The van der Waals surface area contributed by atoms with E-state index in [0.717, 1.165) is 24.3 Å². The summed E-state index contributed by atoms with van der Waals surface area (Å²) >= 11 is 5.20. The number of hydrogen-bond donors (Lipinski definition) is 2. The van der Waals surface area contributed by atoms with Gasteiger partial charge in [-0.1, -0.05) is 0 Å². The predicted octanol–water partition coefficient (Wildman–Crippen LogP) is 1.25. The summed E-state index contributed by atoms with van der Waals surface area (Å²) in [6.07, 6.45) is -0.212. The minimum atomic E-state index is -0.838. The summed E-state index contributed by atoms with van der Waals surface area (Å²) in [4.78, 5) is 13.6. The number of ketones is 1. The van der Waals surface area contributed by atoms with Crippen molar-refractivity contribution in [1.82, 2.24) is 0 Å². The number of hydrogen-bond acceptors (Lipinski definition) is 10. The van der Waals surface area contributed by atoms with Crippen molar-refractivity contribution in [2.75, 3.05) is 60.9 Å². The molecule has 176 valence electrons. The highest BCUT2D eigenvalue weighted by molar-refractivity contribution is 7.99. The summed E-state index contributed by atoms with van der Waals surface area (Å²) in [5, 5.41) is 22.7. The largest absolute Gasteiger partial charge is 0.392 e. The van der Waals surface area contributed by atoms with Crippen molar-refractivity contribution in [3.05, 3.63) is 0 Å². The first kappa shape index (κ1) is 23.2. The van der Waals surface area contributed by atoms with Crippen LogP contribution in [0.2, 0.25) is 0 Å². The molecule has 10 heteroatoms. The molecule has 0 aromatic heterocycles. The van der Waals surface area contributed by atoms with Gasteiger partial charge in [-0.05, 0) is 11.5 Å². The highest BCUT2D eigenvalue weighted by Crippen LogP contribution is 2.46. The number of carbonyl (C=O) groups excluding carboxylic acids is 1. The van der Waals surface area contributed by atoms with Crippen LogP contribution in [-0.2, 0) is 23.7 Å². The molecular weight excluding hydrogens is 460 g/mol. The molecule has 5 aliphatic rings. The zero-order chi connectivity index (χ0) is 21.5. The highest BCUT2D eigenvalue weighted by atomic mass is 32.2. The number of carbonyl (C=O) groups is 1. The van der Waals surface area contributed by atoms with Gasteiger partial charge in [0.15, 0.2) is 11.6 Å². The lowest BCUT2D eigenvalue weighted by atomic mass is 9.76. The number of thioether (sulfide) groups is 3. The maximum Gasteiger partial charge on any atom is 0.175 e. The Morgan fingerprint density at radius 3 is 1.55 bits per heavy atom. The molecule has 0 saturated carbocycles. The van der Waals surface area contributed by atoms with Crippen LogP contribution in [0.1, 0.15) is 12.8 Å². The molecule has 5 aliphatic heterocycles. The molecule has 5 rings (SSSR count). The van der Waals surface area contributed by atoms with E-state index in [0.29, 0.717) is 49.4 Å². The second-order valence-electron chi connectivity index (χ2n) is 9.01. The molecule has 5 saturated heterocycles. The van der Waals surface area contributed by atoms with E-state index in [4.69, 9.17) is 18.9 Å². The maximum atomic E-state index is 13.6. The SMILES string of the molecule is O=C1[C@@H]([C@H](O)[C@H]2CSCCC23OCCO3)CSC[C@@H]1[C@H](O)[C@@H]1CSCCC12OCCO2. The minimum absolute atomic E-state index is 0.0359. The standard InChI is InChI=1S/C21H32O7S3/c22-17-13(18(23)15-11-29-7-1-20(15)25-3-4-26-20)9-31-10-14(17)19(24)16-12-30-8-2-21(16)27-5-6-28-21/h13-16,18-19,23-24H,1-12H2/t13-,14-,15-,16+,18-,19-/m0/s1. The monoisotopic (exact) mass is 492 g/mol. The van der Waals surface area contributed by atoms with Crippen LogP contribution >= 0.6 is 35.3 Å². The van der Waals surface area contributed by atoms with E-state index < -0.39 is 35.6 Å². The Labute approximate surface area is 196 Å². The zero-order valence-electron chi connectivity index (χ0n) is 17.6. The number of ether oxygens (including phenoxy) is 4. The third-order valence-corrected chi connectivity index (χ3v) is 10.8. The summed E-state index contributed by atoms with van der Waals surface area (Å²) in [5.41, 5.74) is 0. The molecule has 31 heavy (non-hydrogen) atoms. The smallest absolute Gasteiger partial charge is 0.175 e. The van der Waals surface area contributed by atoms with Gasteiger partial charge < -0.3 is 29.2 Å². The minimum Gasteiger partial charge on any atom is -0.392 e. The fourth-order valence-electron chi connectivity index (χ4n) is 5.71. The Balaban J connectivity index is 1.32. The molecule has 0 aromatic carbocycles. The van der Waals surface area contributed by atoms with Crippen molar-refractivity contribution >= 4 is 41.1 Å². The molecular formula is C21H32O7S3. The molecule has 5 fully saturated rings. The van der Waals surface area contributed by atoms with Crippen LogP contribution in [0, 0.1) is 23.7 Å². The average molecular weight is 493 g/mol. The topological polar surface area (TPSA) is 94.5 Å². The molecule has 7 nitrogen and oxygen atoms in total. The van der Waals surface area contributed by atoms with Crippen molar-refractivity contribution in [3.8, 4) is 0 Å². The van der Waals surface area contributed by atoms with Crippen molar-refractivity contribution in [2.45, 2.75) is 36.6 Å². The van der Waals surface area contributed by atoms with Gasteiger partial charge >= 0.3 is 0 Å². The van der Waals surface area contributed by atoms with Crippen LogP contribution in [0.15, 0.2) is 0 Å². The van der Waals surface area contributed by atoms with Gasteiger partial charge in [-0.2, -0.15) is 35.3 Å². The molecule has 0 aromatic rings. The Morgan fingerprint density at radius 1 is 0.710 bits per heavy atom. The van der Waals surface area contributed by atoms with Crippen molar-refractivity contribution in [2.24, 2.45) is 23.7 Å². The second-order valence-corrected chi connectivity index (χ2v) is 12.4. The van der Waals surface area contributed by atoms with Gasteiger partial charge in [0.05, 0.1) is 50.5 Å². The van der Waals surface area contributed by atoms with E-state index in [2.05, 4.69) is 0 Å². The Morgan fingerprint density at radius 2 is 1.13 bits per heavy atom. The molecule has 0 radical (unpaired) electrons. The van der Waals surface area contributed by atoms with Crippen molar-refractivity contribution in [1.29, 1.82) is 0 Å². The van der Waals surface area contributed by atoms with Gasteiger partial charge in [-0.25, -0.2) is 0 Å². The fourth-order valence-corrected chi connectivity index (χ4v) is 9.67. The van der Waals surface area contributed by atoms with Gasteiger partial charge in [0.1, 0.15) is 5.78 Å². The molecule has 0 aliphatic carbocycles. The van der Waals surface area contributed by atoms with E-state index in [9.17, 15) is 15.0 Å². The lowest BCUT2D eigenvalue weighted by Crippen LogP contribution is -2.57. The first-order valence-corrected chi connectivity index (χ1v) is 14.7. The molecule has 5 heterocycles. The molecule has 0 amide bonds. The Kier molecular flexibility index (Phi) is 7.21. The summed E-state index contributed by atoms with van der Waals surface area (Å²) < 4.78 is 23.9. The molecule has 2 N–H and O–H groups in total. The predicted molar refractivity (Wildman–Crippen MR) is 121 cm³/mol. The van der Waals surface area contributed by atoms with E-state index in [-0.39, 0.29) is 17.6 Å². The number of aliphatic hydroxyl groups excluding tert-OH is 2. The number of rotatable bonds is 4. The summed E-state index contributed by atoms with van der Waals surface area (Å²) in [6, 6.07) is 0. The normalized spacial score (nSPS) is 39.7. The second kappa shape index (κ2) is 9.62. The van der Waals surface area contributed by atoms with Crippen LogP contribution in [0.25, 0.3) is 0 Å². The van der Waals surface area contributed by atoms with Crippen molar-refractivity contribution < 1.29 is 34.0 Å². The number of aliphatic hydroxyl groups is 2. The van der Waals surface area contributed by atoms with Gasteiger partial charge in [0.2, 0.25) is 0 Å². The quantitative estimate of drug-likeness (QED) is 0.597. The molecule has 0 unspecified atom stereocenters. The van der Waals surface area contributed by atoms with E-state index in [1.54, 1.807) is 35.3 Å². The maximum absolute atomic E-state index is 13.6. The average Bonchev–Trinajstić information content (AvgIpc) is 3.44. The van der Waals surface area contributed by atoms with Crippen LogP contribution < -0.4 is 0 Å². The summed E-state index contributed by atoms with van der Waals surface area (Å²) in [6.45, 7) is 2.13. The van der Waals surface area contributed by atoms with Gasteiger partial charge in [-0.15, -0.1) is 0 Å². The first-order valence-electron chi connectivity index (χ1n) is 11.3. The van der Waals surface area contributed by atoms with Crippen LogP contribution in [0.4, 0.5) is 0 Å². The van der Waals surface area contributed by atoms with Gasteiger partial charge in [-0.3, -0.25) is 4.79 Å². The van der Waals surface area contributed by atoms with Gasteiger partial charge in [0.25, 0.3) is 0 Å². The Bertz CT molecular complexity index is 601. The Hall–Kier alpha value is 0.480. The summed E-state index contributed by atoms with van der Waals surface area (Å²) in [5.74, 6) is 1.33. The molecule has 6 atom stereocenters. The van der Waals surface area contributed by atoms with E-state index in [1.165, 1.54) is 0 Å². The van der Waals surface area contributed by atoms with Crippen molar-refractivity contribution in [3.63, 3.8) is 0 Å². The van der Waals surface area contributed by atoms with Gasteiger partial charge in [0, 0.05) is 47.7 Å². The lowest BCUT2D eigenvalue weighted by Gasteiger charge is -2.46. The van der Waals surface area contributed by atoms with Crippen LogP contribution in [-0.4, -0.2) is 101 Å². The van der Waals surface area contributed by atoms with Crippen LogP contribution in [0.3, 0.4) is 0 Å². The third kappa shape index (κ3) is 4.23. The van der Waals surface area contributed by atoms with E-state index in [1.807, 2.05) is 0 Å². The highest BCUT2D eigenvalue weighted by Gasteiger charge is 2.56.